The molecule has 0 N–H and O–H groups in total. The fourth-order valence-electron chi connectivity index (χ4n) is 3.41. The van der Waals surface area contributed by atoms with Crippen LogP contribution in [0.3, 0.4) is 0 Å². The molecule has 2 fully saturated rings. The molecule has 0 saturated carbocycles. The topological polar surface area (TPSA) is 53.1 Å². The van der Waals surface area contributed by atoms with Gasteiger partial charge in [0.25, 0.3) is 5.91 Å². The maximum Gasteiger partial charge on any atom is 0.260 e. The zero-order valence-electron chi connectivity index (χ0n) is 14.9. The van der Waals surface area contributed by atoms with Gasteiger partial charge in [0.05, 0.1) is 0 Å². The molecule has 6 nitrogen and oxygen atoms in total. The average Bonchev–Trinajstić information content (AvgIpc) is 2.67. The van der Waals surface area contributed by atoms with Crippen LogP contribution >= 0.6 is 0 Å². The Bertz CT molecular complexity index is 577. The lowest BCUT2D eigenvalue weighted by Gasteiger charge is -2.37. The monoisotopic (exact) mass is 345 g/mol. The molecule has 3 rings (SSSR count). The van der Waals surface area contributed by atoms with Crippen LogP contribution in [0.25, 0.3) is 0 Å². The van der Waals surface area contributed by atoms with Gasteiger partial charge >= 0.3 is 0 Å². The zero-order valence-corrected chi connectivity index (χ0v) is 14.9. The van der Waals surface area contributed by atoms with Gasteiger partial charge in [0.1, 0.15) is 5.75 Å². The molecule has 0 spiro atoms. The molecule has 0 unspecified atom stereocenters. The molecule has 136 valence electrons. The molecule has 25 heavy (non-hydrogen) atoms. The predicted octanol–water partition coefficient (Wildman–Crippen LogP) is 1.08. The van der Waals surface area contributed by atoms with Crippen molar-refractivity contribution in [2.45, 2.75) is 12.8 Å². The lowest BCUT2D eigenvalue weighted by molar-refractivity contribution is -0.142. The number of ether oxygens (including phenoxy) is 1. The standard InChI is InChI=1S/C19H27N3O3/c1-20-11-13-22(14-12-20)19(24)16-7-9-21(10-8-16)18(23)15-25-17-5-3-2-4-6-17/h2-6,16H,7-15H2,1H3. The Kier molecular flexibility index (Phi) is 5.91. The quantitative estimate of drug-likeness (QED) is 0.819. The summed E-state index contributed by atoms with van der Waals surface area (Å²) in [5.41, 5.74) is 0. The Balaban J connectivity index is 1.42. The Morgan fingerprint density at radius 1 is 0.960 bits per heavy atom. The van der Waals surface area contributed by atoms with Gasteiger partial charge in [-0.25, -0.2) is 0 Å². The van der Waals surface area contributed by atoms with Crippen LogP contribution < -0.4 is 4.74 Å². The van der Waals surface area contributed by atoms with Crippen molar-refractivity contribution in [3.63, 3.8) is 0 Å². The smallest absolute Gasteiger partial charge is 0.260 e. The van der Waals surface area contributed by atoms with Crippen molar-refractivity contribution in [3.8, 4) is 5.75 Å². The number of rotatable bonds is 4. The lowest BCUT2D eigenvalue weighted by Crippen LogP contribution is -2.51. The number of piperazine rings is 1. The molecule has 2 aliphatic heterocycles. The third kappa shape index (κ3) is 4.72. The molecule has 2 heterocycles. The number of para-hydroxylation sites is 1. The molecule has 2 aliphatic rings. The minimum atomic E-state index is -0.00523. The van der Waals surface area contributed by atoms with E-state index in [2.05, 4.69) is 11.9 Å². The summed E-state index contributed by atoms with van der Waals surface area (Å²) in [6, 6.07) is 9.36. The minimum absolute atomic E-state index is 0.00523. The number of likely N-dealkylation sites (tertiary alicyclic amines) is 1. The Hall–Kier alpha value is -2.08. The fourth-order valence-corrected chi connectivity index (χ4v) is 3.41. The second kappa shape index (κ2) is 8.34. The van der Waals surface area contributed by atoms with E-state index in [1.165, 1.54) is 0 Å². The highest BCUT2D eigenvalue weighted by molar-refractivity contribution is 5.80. The molecule has 0 bridgehead atoms. The summed E-state index contributed by atoms with van der Waals surface area (Å²) >= 11 is 0. The van der Waals surface area contributed by atoms with Gasteiger partial charge < -0.3 is 19.4 Å². The molecule has 0 aromatic heterocycles. The van der Waals surface area contributed by atoms with Gasteiger partial charge in [0.15, 0.2) is 6.61 Å². The van der Waals surface area contributed by atoms with Crippen molar-refractivity contribution in [2.75, 3.05) is 52.9 Å². The van der Waals surface area contributed by atoms with Crippen LogP contribution in [0.1, 0.15) is 12.8 Å². The third-order valence-corrected chi connectivity index (χ3v) is 5.12. The first-order valence-corrected chi connectivity index (χ1v) is 9.06. The SMILES string of the molecule is CN1CCN(C(=O)C2CCN(C(=O)COc3ccccc3)CC2)CC1. The molecule has 6 heteroatoms. The van der Waals surface area contributed by atoms with E-state index in [1.54, 1.807) is 0 Å². The van der Waals surface area contributed by atoms with Gasteiger partial charge in [-0.05, 0) is 32.0 Å². The summed E-state index contributed by atoms with van der Waals surface area (Å²) in [7, 11) is 2.09. The highest BCUT2D eigenvalue weighted by Gasteiger charge is 2.31. The molecule has 1 aromatic carbocycles. The van der Waals surface area contributed by atoms with Crippen LogP contribution in [0, 0.1) is 5.92 Å². The third-order valence-electron chi connectivity index (χ3n) is 5.12. The van der Waals surface area contributed by atoms with Crippen LogP contribution in [0.15, 0.2) is 30.3 Å². The van der Waals surface area contributed by atoms with Gasteiger partial charge in [-0.2, -0.15) is 0 Å². The zero-order chi connectivity index (χ0) is 17.6. The normalized spacial score (nSPS) is 19.7. The van der Waals surface area contributed by atoms with Gasteiger partial charge in [-0.1, -0.05) is 18.2 Å². The molecule has 0 aliphatic carbocycles. The second-order valence-corrected chi connectivity index (χ2v) is 6.89. The Morgan fingerprint density at radius 3 is 2.24 bits per heavy atom. The molecular weight excluding hydrogens is 318 g/mol. The average molecular weight is 345 g/mol. The Labute approximate surface area is 149 Å². The van der Waals surface area contributed by atoms with Gasteiger partial charge in [0, 0.05) is 45.2 Å². The van der Waals surface area contributed by atoms with Crippen LogP contribution in [0.5, 0.6) is 5.75 Å². The first-order chi connectivity index (χ1) is 12.1. The Morgan fingerprint density at radius 2 is 1.60 bits per heavy atom. The van der Waals surface area contributed by atoms with E-state index in [-0.39, 0.29) is 24.3 Å². The molecular formula is C19H27N3O3. The van der Waals surface area contributed by atoms with E-state index in [1.807, 2.05) is 40.1 Å². The lowest BCUT2D eigenvalue weighted by atomic mass is 9.95. The first-order valence-electron chi connectivity index (χ1n) is 9.06. The van der Waals surface area contributed by atoms with Crippen LogP contribution in [0.2, 0.25) is 0 Å². The molecule has 0 atom stereocenters. The van der Waals surface area contributed by atoms with Crippen LogP contribution in [-0.4, -0.2) is 79.4 Å². The summed E-state index contributed by atoms with van der Waals surface area (Å²) in [5.74, 6) is 1.02. The number of hydrogen-bond donors (Lipinski definition) is 0. The summed E-state index contributed by atoms with van der Waals surface area (Å²) in [4.78, 5) is 31.0. The van der Waals surface area contributed by atoms with E-state index < -0.39 is 0 Å². The molecule has 1 aromatic rings. The summed E-state index contributed by atoms with van der Waals surface area (Å²) in [5, 5.41) is 0. The number of benzene rings is 1. The number of hydrogen-bond acceptors (Lipinski definition) is 4. The van der Waals surface area contributed by atoms with Gasteiger partial charge in [-0.15, -0.1) is 0 Å². The predicted molar refractivity (Wildman–Crippen MR) is 95.3 cm³/mol. The van der Waals surface area contributed by atoms with Crippen LogP contribution in [0.4, 0.5) is 0 Å². The maximum absolute atomic E-state index is 12.6. The molecule has 2 amide bonds. The summed E-state index contributed by atoms with van der Waals surface area (Å²) < 4.78 is 5.53. The first kappa shape index (κ1) is 17.7. The van der Waals surface area contributed by atoms with Gasteiger partial charge in [0.2, 0.25) is 5.91 Å². The molecule has 0 radical (unpaired) electrons. The fraction of sp³-hybridized carbons (Fsp3) is 0.579. The number of nitrogens with zero attached hydrogens (tertiary/aromatic N) is 3. The van der Waals surface area contributed by atoms with E-state index in [4.69, 9.17) is 4.74 Å². The van der Waals surface area contributed by atoms with Crippen LogP contribution in [-0.2, 0) is 9.59 Å². The number of carbonyl (C=O) groups excluding carboxylic acids is 2. The number of piperidine rings is 1. The van der Waals surface area contributed by atoms with E-state index in [0.29, 0.717) is 18.8 Å². The maximum atomic E-state index is 12.6. The second-order valence-electron chi connectivity index (χ2n) is 6.89. The number of carbonyl (C=O) groups is 2. The van der Waals surface area contributed by atoms with Crippen molar-refractivity contribution in [1.82, 2.24) is 14.7 Å². The van der Waals surface area contributed by atoms with Crippen molar-refractivity contribution < 1.29 is 14.3 Å². The summed E-state index contributed by atoms with van der Waals surface area (Å²) in [6.45, 7) is 4.86. The van der Waals surface area contributed by atoms with E-state index >= 15 is 0 Å². The van der Waals surface area contributed by atoms with E-state index in [0.717, 1.165) is 39.0 Å². The number of amides is 2. The number of likely N-dealkylation sites (N-methyl/N-ethyl adjacent to an activating group) is 1. The van der Waals surface area contributed by atoms with Crippen molar-refractivity contribution in [3.05, 3.63) is 30.3 Å². The highest BCUT2D eigenvalue weighted by atomic mass is 16.5. The highest BCUT2D eigenvalue weighted by Crippen LogP contribution is 2.21. The molecule has 2 saturated heterocycles. The van der Waals surface area contributed by atoms with Crippen molar-refractivity contribution in [1.29, 1.82) is 0 Å². The summed E-state index contributed by atoms with van der Waals surface area (Å²) in [6.07, 6.45) is 1.50. The largest absolute Gasteiger partial charge is 0.484 e. The van der Waals surface area contributed by atoms with E-state index in [9.17, 15) is 9.59 Å². The minimum Gasteiger partial charge on any atom is -0.484 e. The van der Waals surface area contributed by atoms with Gasteiger partial charge in [-0.3, -0.25) is 9.59 Å². The van der Waals surface area contributed by atoms with Crippen molar-refractivity contribution in [2.24, 2.45) is 5.92 Å². The van der Waals surface area contributed by atoms with Crippen molar-refractivity contribution >= 4 is 11.8 Å².